The van der Waals surface area contributed by atoms with Crippen LogP contribution in [-0.4, -0.2) is 61.8 Å². The number of rotatable bonds is 4. The van der Waals surface area contributed by atoms with Crippen LogP contribution in [-0.2, 0) is 10.0 Å². The monoisotopic (exact) mass is 286 g/mol. The number of alkyl halides is 3. The topological polar surface area (TPSA) is 40.6 Å². The Labute approximate surface area is 105 Å². The highest BCUT2D eigenvalue weighted by Gasteiger charge is 2.41. The van der Waals surface area contributed by atoms with Crippen LogP contribution in [0.3, 0.4) is 0 Å². The van der Waals surface area contributed by atoms with Gasteiger partial charge in [-0.2, -0.15) is 17.5 Å². The first-order valence-corrected chi connectivity index (χ1v) is 7.67. The fraction of sp³-hybridized carbons (Fsp3) is 1.00. The Balaban J connectivity index is 1.79. The number of hydrogen-bond acceptors (Lipinski definition) is 3. The van der Waals surface area contributed by atoms with Crippen LogP contribution >= 0.6 is 0 Å². The van der Waals surface area contributed by atoms with Crippen LogP contribution < -0.4 is 0 Å². The Kier molecular flexibility index (Phi) is 3.89. The summed E-state index contributed by atoms with van der Waals surface area (Å²) in [5, 5.41) is 0. The van der Waals surface area contributed by atoms with E-state index in [2.05, 4.69) is 4.90 Å². The van der Waals surface area contributed by atoms with Crippen LogP contribution in [0.1, 0.15) is 19.3 Å². The second-order valence-corrected chi connectivity index (χ2v) is 6.98. The number of hydrogen-bond donors (Lipinski definition) is 0. The Bertz CT molecular complexity index is 384. The van der Waals surface area contributed by atoms with E-state index < -0.39 is 28.4 Å². The van der Waals surface area contributed by atoms with Crippen molar-refractivity contribution in [1.82, 2.24) is 9.21 Å². The molecule has 0 N–H and O–H groups in total. The molecule has 0 aromatic rings. The van der Waals surface area contributed by atoms with E-state index in [1.165, 1.54) is 4.31 Å². The lowest BCUT2D eigenvalue weighted by atomic mass is 10.1. The molecule has 18 heavy (non-hydrogen) atoms. The lowest BCUT2D eigenvalue weighted by molar-refractivity contribution is -0.130. The molecule has 2 heterocycles. The fourth-order valence-electron chi connectivity index (χ4n) is 2.36. The molecule has 4 nitrogen and oxygen atoms in total. The molecular weight excluding hydrogens is 269 g/mol. The predicted octanol–water partition coefficient (Wildman–Crippen LogP) is 1.05. The molecule has 0 radical (unpaired) electrons. The predicted molar refractivity (Wildman–Crippen MR) is 60.6 cm³/mol. The van der Waals surface area contributed by atoms with Crippen molar-refractivity contribution >= 4 is 10.0 Å². The summed E-state index contributed by atoms with van der Waals surface area (Å²) >= 11 is 0. The van der Waals surface area contributed by atoms with Gasteiger partial charge >= 0.3 is 6.18 Å². The Morgan fingerprint density at radius 1 is 1.11 bits per heavy atom. The lowest BCUT2D eigenvalue weighted by Crippen LogP contribution is -2.60. The van der Waals surface area contributed by atoms with Gasteiger partial charge in [-0.25, -0.2) is 8.42 Å². The molecule has 2 aliphatic rings. The molecule has 2 aliphatic heterocycles. The van der Waals surface area contributed by atoms with E-state index in [-0.39, 0.29) is 6.04 Å². The quantitative estimate of drug-likeness (QED) is 0.775. The molecule has 0 aromatic heterocycles. The van der Waals surface area contributed by atoms with E-state index in [1.807, 2.05) is 0 Å². The highest BCUT2D eigenvalue weighted by molar-refractivity contribution is 7.89. The van der Waals surface area contributed by atoms with Crippen molar-refractivity contribution in [3.05, 3.63) is 0 Å². The maximum Gasteiger partial charge on any atom is 0.390 e. The van der Waals surface area contributed by atoms with Gasteiger partial charge in [0, 0.05) is 19.1 Å². The van der Waals surface area contributed by atoms with Crippen LogP contribution in [0.25, 0.3) is 0 Å². The molecule has 106 valence electrons. The summed E-state index contributed by atoms with van der Waals surface area (Å²) in [6.45, 7) is 2.64. The highest BCUT2D eigenvalue weighted by atomic mass is 32.2. The van der Waals surface area contributed by atoms with E-state index in [0.717, 1.165) is 25.9 Å². The zero-order chi connectivity index (χ0) is 13.4. The van der Waals surface area contributed by atoms with Crippen LogP contribution in [0.15, 0.2) is 0 Å². The molecule has 0 atom stereocenters. The molecule has 0 aliphatic carbocycles. The summed E-state index contributed by atoms with van der Waals surface area (Å²) < 4.78 is 60.4. The first-order valence-electron chi connectivity index (χ1n) is 6.06. The van der Waals surface area contributed by atoms with Gasteiger partial charge in [0.25, 0.3) is 0 Å². The fourth-order valence-corrected chi connectivity index (χ4v) is 3.90. The normalized spacial score (nSPS) is 24.4. The summed E-state index contributed by atoms with van der Waals surface area (Å²) in [6, 6.07) is 0.202. The van der Waals surface area contributed by atoms with Crippen molar-refractivity contribution in [1.29, 1.82) is 0 Å². The number of likely N-dealkylation sites (tertiary alicyclic amines) is 1. The van der Waals surface area contributed by atoms with E-state index in [9.17, 15) is 21.6 Å². The lowest BCUT2D eigenvalue weighted by Gasteiger charge is -2.43. The molecule has 0 amide bonds. The molecule has 2 rings (SSSR count). The molecule has 0 saturated carbocycles. The first kappa shape index (κ1) is 14.1. The third kappa shape index (κ3) is 3.36. The molecule has 0 unspecified atom stereocenters. The van der Waals surface area contributed by atoms with Crippen LogP contribution in [0, 0.1) is 0 Å². The van der Waals surface area contributed by atoms with Crippen molar-refractivity contribution in [2.45, 2.75) is 31.5 Å². The Hall–Kier alpha value is -0.340. The minimum absolute atomic E-state index is 0.202. The molecular formula is C10H17F3N2O2S. The molecule has 0 bridgehead atoms. The summed E-state index contributed by atoms with van der Waals surface area (Å²) in [6.07, 6.45) is -3.43. The molecule has 0 spiro atoms. The molecule has 0 aromatic carbocycles. The van der Waals surface area contributed by atoms with Crippen molar-refractivity contribution in [2.75, 3.05) is 31.9 Å². The van der Waals surface area contributed by atoms with Crippen LogP contribution in [0.2, 0.25) is 0 Å². The van der Waals surface area contributed by atoms with Gasteiger partial charge in [0.2, 0.25) is 10.0 Å². The van der Waals surface area contributed by atoms with Crippen molar-refractivity contribution < 1.29 is 21.6 Å². The Morgan fingerprint density at radius 3 is 2.17 bits per heavy atom. The highest BCUT2D eigenvalue weighted by Crippen LogP contribution is 2.25. The third-order valence-corrected chi connectivity index (χ3v) is 5.33. The number of halogens is 3. The average Bonchev–Trinajstić information content (AvgIpc) is 2.64. The number of sulfonamides is 1. The van der Waals surface area contributed by atoms with Gasteiger partial charge in [0.15, 0.2) is 0 Å². The van der Waals surface area contributed by atoms with Gasteiger partial charge in [-0.1, -0.05) is 0 Å². The maximum atomic E-state index is 12.0. The zero-order valence-electron chi connectivity index (χ0n) is 9.99. The van der Waals surface area contributed by atoms with Crippen molar-refractivity contribution in [3.8, 4) is 0 Å². The van der Waals surface area contributed by atoms with Crippen LogP contribution in [0.5, 0.6) is 0 Å². The van der Waals surface area contributed by atoms with Crippen molar-refractivity contribution in [3.63, 3.8) is 0 Å². The van der Waals surface area contributed by atoms with Gasteiger partial charge in [0.05, 0.1) is 12.2 Å². The smallest absolute Gasteiger partial charge is 0.298 e. The summed E-state index contributed by atoms with van der Waals surface area (Å²) in [4.78, 5) is 2.22. The van der Waals surface area contributed by atoms with Crippen LogP contribution in [0.4, 0.5) is 13.2 Å². The summed E-state index contributed by atoms with van der Waals surface area (Å²) in [7, 11) is -3.73. The van der Waals surface area contributed by atoms with E-state index in [4.69, 9.17) is 0 Å². The van der Waals surface area contributed by atoms with Gasteiger partial charge in [-0.05, 0) is 25.9 Å². The SMILES string of the molecule is O=S(=O)(CCC(F)(F)F)N1CC(N2CCCC2)C1. The van der Waals surface area contributed by atoms with E-state index in [0.29, 0.717) is 13.1 Å². The summed E-state index contributed by atoms with van der Waals surface area (Å²) in [5.74, 6) is -0.830. The Morgan fingerprint density at radius 2 is 1.67 bits per heavy atom. The summed E-state index contributed by atoms with van der Waals surface area (Å²) in [5.41, 5.74) is 0. The van der Waals surface area contributed by atoms with E-state index >= 15 is 0 Å². The average molecular weight is 286 g/mol. The van der Waals surface area contributed by atoms with E-state index in [1.54, 1.807) is 0 Å². The molecule has 8 heteroatoms. The maximum absolute atomic E-state index is 12.0. The first-order chi connectivity index (χ1) is 8.28. The third-order valence-electron chi connectivity index (χ3n) is 3.52. The minimum atomic E-state index is -4.41. The van der Waals surface area contributed by atoms with Gasteiger partial charge in [-0.15, -0.1) is 0 Å². The van der Waals surface area contributed by atoms with Crippen molar-refractivity contribution in [2.24, 2.45) is 0 Å². The van der Waals surface area contributed by atoms with Gasteiger partial charge in [0.1, 0.15) is 0 Å². The standard InChI is InChI=1S/C10H17F3N2O2S/c11-10(12,13)3-6-18(16,17)15-7-9(8-15)14-4-1-2-5-14/h9H,1-8H2. The zero-order valence-corrected chi connectivity index (χ0v) is 10.8. The molecule has 2 fully saturated rings. The minimum Gasteiger partial charge on any atom is -0.298 e. The second kappa shape index (κ2) is 4.97. The van der Waals surface area contributed by atoms with Gasteiger partial charge in [-0.3, -0.25) is 4.90 Å². The largest absolute Gasteiger partial charge is 0.390 e. The molecule has 2 saturated heterocycles. The number of nitrogens with zero attached hydrogens (tertiary/aromatic N) is 2. The second-order valence-electron chi connectivity index (χ2n) is 4.90. The van der Waals surface area contributed by atoms with Gasteiger partial charge < -0.3 is 0 Å².